The normalized spacial score (nSPS) is 14.1. The van der Waals surface area contributed by atoms with Gasteiger partial charge in [-0.15, -0.1) is 16.4 Å². The monoisotopic (exact) mass is 311 g/mol. The van der Waals surface area contributed by atoms with Gasteiger partial charge >= 0.3 is 0 Å². The molecule has 1 aliphatic carbocycles. The molecule has 3 aromatic heterocycles. The van der Waals surface area contributed by atoms with Gasteiger partial charge in [-0.3, -0.25) is 0 Å². The van der Waals surface area contributed by atoms with E-state index >= 15 is 0 Å². The molecule has 0 fully saturated rings. The van der Waals surface area contributed by atoms with Gasteiger partial charge in [-0.25, -0.2) is 9.50 Å². The van der Waals surface area contributed by atoms with Crippen LogP contribution in [0.25, 0.3) is 16.2 Å². The molecule has 0 saturated carbocycles. The van der Waals surface area contributed by atoms with Crippen molar-refractivity contribution in [3.8, 4) is 11.3 Å². The van der Waals surface area contributed by atoms with Crippen molar-refractivity contribution in [3.05, 3.63) is 25.9 Å². The molecule has 0 saturated heterocycles. The zero-order chi connectivity index (χ0) is 10.7. The van der Waals surface area contributed by atoms with E-state index in [0.717, 1.165) is 27.4 Å². The van der Waals surface area contributed by atoms with Gasteiger partial charge in [-0.2, -0.15) is 0 Å². The van der Waals surface area contributed by atoms with Crippen molar-refractivity contribution in [1.29, 1.82) is 0 Å². The van der Waals surface area contributed by atoms with Crippen LogP contribution in [-0.2, 0) is 12.8 Å². The molecule has 0 amide bonds. The number of hydrogen-bond donors (Lipinski definition) is 0. The highest BCUT2D eigenvalue weighted by Crippen LogP contribution is 2.37. The van der Waals surface area contributed by atoms with Crippen molar-refractivity contribution in [1.82, 2.24) is 14.6 Å². The molecule has 3 nitrogen and oxygen atoms in total. The molecule has 0 radical (unpaired) electrons. The van der Waals surface area contributed by atoms with Crippen LogP contribution in [0.2, 0.25) is 0 Å². The van der Waals surface area contributed by atoms with Crippen molar-refractivity contribution >= 4 is 43.6 Å². The Labute approximate surface area is 108 Å². The molecule has 4 rings (SSSR count). The van der Waals surface area contributed by atoms with Crippen LogP contribution in [0.4, 0.5) is 0 Å². The van der Waals surface area contributed by atoms with Crippen LogP contribution in [0, 0.1) is 0 Å². The summed E-state index contributed by atoms with van der Waals surface area (Å²) in [6.45, 7) is 0. The predicted octanol–water partition coefficient (Wildman–Crippen LogP) is 3.38. The van der Waals surface area contributed by atoms with Gasteiger partial charge in [0.1, 0.15) is 0 Å². The summed E-state index contributed by atoms with van der Waals surface area (Å²) in [6, 6.07) is 2.17. The summed E-state index contributed by atoms with van der Waals surface area (Å²) in [4.78, 5) is 7.12. The van der Waals surface area contributed by atoms with Crippen LogP contribution >= 0.6 is 38.6 Å². The average molecular weight is 312 g/mol. The molecule has 0 bridgehead atoms. The third-order valence-corrected chi connectivity index (χ3v) is 5.18. The average Bonchev–Trinajstić information content (AvgIpc) is 2.88. The van der Waals surface area contributed by atoms with Crippen LogP contribution in [0.5, 0.6) is 0 Å². The molecule has 0 aromatic carbocycles. The lowest BCUT2D eigenvalue weighted by molar-refractivity contribution is 0.828. The van der Waals surface area contributed by atoms with E-state index in [-0.39, 0.29) is 0 Å². The van der Waals surface area contributed by atoms with Crippen molar-refractivity contribution in [2.75, 3.05) is 0 Å². The maximum Gasteiger partial charge on any atom is 0.213 e. The number of aromatic nitrogens is 3. The summed E-state index contributed by atoms with van der Waals surface area (Å²) in [5.74, 6) is 0. The summed E-state index contributed by atoms with van der Waals surface area (Å²) in [5, 5.41) is 6.59. The maximum atomic E-state index is 4.68. The molecular weight excluding hydrogens is 306 g/mol. The van der Waals surface area contributed by atoms with Crippen molar-refractivity contribution in [2.24, 2.45) is 0 Å². The number of thiophene rings is 1. The number of halogens is 1. The highest BCUT2D eigenvalue weighted by molar-refractivity contribution is 9.11. The molecule has 1 aliphatic rings. The van der Waals surface area contributed by atoms with E-state index in [1.165, 1.54) is 16.1 Å². The number of hydrogen-bond acceptors (Lipinski definition) is 4. The van der Waals surface area contributed by atoms with Gasteiger partial charge in [-0.05, 0) is 40.2 Å². The Hall–Kier alpha value is -0.720. The Kier molecular flexibility index (Phi) is 1.84. The second-order valence-electron chi connectivity index (χ2n) is 3.71. The van der Waals surface area contributed by atoms with E-state index < -0.39 is 0 Å². The number of imidazole rings is 1. The van der Waals surface area contributed by atoms with Gasteiger partial charge in [0.15, 0.2) is 3.92 Å². The molecule has 6 heteroatoms. The minimum Gasteiger partial charge on any atom is -0.217 e. The lowest BCUT2D eigenvalue weighted by atomic mass is 10.0. The van der Waals surface area contributed by atoms with Crippen molar-refractivity contribution in [3.63, 3.8) is 0 Å². The molecule has 3 heterocycles. The predicted molar refractivity (Wildman–Crippen MR) is 69.3 cm³/mol. The second kappa shape index (κ2) is 3.15. The van der Waals surface area contributed by atoms with Gasteiger partial charge in [0.2, 0.25) is 4.96 Å². The van der Waals surface area contributed by atoms with Crippen molar-refractivity contribution < 1.29 is 0 Å². The van der Waals surface area contributed by atoms with Gasteiger partial charge in [0.25, 0.3) is 0 Å². The standard InChI is InChI=1S/C10H6BrN3S2/c11-9-13-14-6-1-2-7-5(3-4-15-7)8(6)12-10(14)16-9/h3-4H,1-2H2. The van der Waals surface area contributed by atoms with Crippen LogP contribution in [0.1, 0.15) is 10.6 Å². The zero-order valence-corrected chi connectivity index (χ0v) is 11.3. The third kappa shape index (κ3) is 1.12. The first-order valence-corrected chi connectivity index (χ1v) is 7.42. The molecule has 16 heavy (non-hydrogen) atoms. The van der Waals surface area contributed by atoms with E-state index in [1.54, 1.807) is 11.3 Å². The Bertz CT molecular complexity index is 694. The van der Waals surface area contributed by atoms with E-state index in [0.29, 0.717) is 0 Å². The van der Waals surface area contributed by atoms with Crippen LogP contribution in [-0.4, -0.2) is 14.6 Å². The number of aryl methyl sites for hydroxylation is 2. The van der Waals surface area contributed by atoms with Crippen LogP contribution in [0.3, 0.4) is 0 Å². The third-order valence-electron chi connectivity index (χ3n) is 2.86. The first-order chi connectivity index (χ1) is 7.83. The van der Waals surface area contributed by atoms with Gasteiger partial charge in [0.05, 0.1) is 11.4 Å². The van der Waals surface area contributed by atoms with E-state index in [4.69, 9.17) is 0 Å². The quantitative estimate of drug-likeness (QED) is 0.637. The molecule has 3 aromatic rings. The highest BCUT2D eigenvalue weighted by Gasteiger charge is 2.24. The Morgan fingerprint density at radius 2 is 2.31 bits per heavy atom. The molecular formula is C10H6BrN3S2. The van der Waals surface area contributed by atoms with Crippen molar-refractivity contribution in [2.45, 2.75) is 12.8 Å². The van der Waals surface area contributed by atoms with E-state index in [9.17, 15) is 0 Å². The Morgan fingerprint density at radius 1 is 1.38 bits per heavy atom. The highest BCUT2D eigenvalue weighted by atomic mass is 79.9. The van der Waals surface area contributed by atoms with Gasteiger partial charge in [0, 0.05) is 10.4 Å². The van der Waals surface area contributed by atoms with Crippen LogP contribution in [0.15, 0.2) is 15.4 Å². The fraction of sp³-hybridized carbons (Fsp3) is 0.200. The molecule has 0 atom stereocenters. The second-order valence-corrected chi connectivity index (χ2v) is 6.95. The van der Waals surface area contributed by atoms with Gasteiger partial charge in [-0.1, -0.05) is 11.3 Å². The molecule has 0 aliphatic heterocycles. The Morgan fingerprint density at radius 3 is 3.25 bits per heavy atom. The maximum absolute atomic E-state index is 4.68. The fourth-order valence-corrected chi connectivity index (χ4v) is 4.30. The van der Waals surface area contributed by atoms with Crippen LogP contribution < -0.4 is 0 Å². The summed E-state index contributed by atoms with van der Waals surface area (Å²) in [6.07, 6.45) is 2.16. The van der Waals surface area contributed by atoms with Gasteiger partial charge < -0.3 is 0 Å². The Balaban J connectivity index is 2.10. The lowest BCUT2D eigenvalue weighted by Gasteiger charge is -2.10. The summed E-state index contributed by atoms with van der Waals surface area (Å²) in [7, 11) is 0. The largest absolute Gasteiger partial charge is 0.217 e. The molecule has 80 valence electrons. The number of rotatable bonds is 0. The van der Waals surface area contributed by atoms with E-state index in [1.807, 2.05) is 15.9 Å². The minimum atomic E-state index is 0.897. The summed E-state index contributed by atoms with van der Waals surface area (Å²) < 4.78 is 2.87. The first kappa shape index (κ1) is 9.32. The first-order valence-electron chi connectivity index (χ1n) is 4.93. The summed E-state index contributed by atoms with van der Waals surface area (Å²) >= 11 is 6.82. The van der Waals surface area contributed by atoms with E-state index in [2.05, 4.69) is 37.5 Å². The zero-order valence-electron chi connectivity index (χ0n) is 8.11. The molecule has 0 N–H and O–H groups in total. The number of nitrogens with zero attached hydrogens (tertiary/aromatic N) is 3. The molecule has 0 unspecified atom stereocenters. The molecule has 0 spiro atoms. The smallest absolute Gasteiger partial charge is 0.213 e. The SMILES string of the molecule is Brc1nn2c3c(nc2s1)-c1ccsc1CC3. The number of fused-ring (bicyclic) bond motifs is 5. The topological polar surface area (TPSA) is 30.2 Å². The lowest BCUT2D eigenvalue weighted by Crippen LogP contribution is -2.03. The summed E-state index contributed by atoms with van der Waals surface area (Å²) in [5.41, 5.74) is 3.69. The fourth-order valence-electron chi connectivity index (χ4n) is 2.18. The minimum absolute atomic E-state index is 0.897.